The van der Waals surface area contributed by atoms with E-state index >= 15 is 0 Å². The fraction of sp³-hybridized carbons (Fsp3) is 0.481. The van der Waals surface area contributed by atoms with Crippen molar-refractivity contribution >= 4 is 17.5 Å². The second-order valence-corrected chi connectivity index (χ2v) is 8.68. The van der Waals surface area contributed by atoms with Gasteiger partial charge in [-0.15, -0.1) is 0 Å². The topological polar surface area (TPSA) is 79.1 Å². The molecule has 0 saturated heterocycles. The average molecular weight is 467 g/mol. The molecule has 0 aliphatic carbocycles. The van der Waals surface area contributed by atoms with Crippen LogP contribution in [0.3, 0.4) is 0 Å². The van der Waals surface area contributed by atoms with Gasteiger partial charge in [-0.2, -0.15) is 0 Å². The number of rotatable bonds is 7. The van der Waals surface area contributed by atoms with Crippen molar-refractivity contribution in [3.05, 3.63) is 59.7 Å². The second-order valence-electron chi connectivity index (χ2n) is 8.68. The van der Waals surface area contributed by atoms with Gasteiger partial charge in [-0.3, -0.25) is 14.5 Å². The maximum atomic E-state index is 13.1. The van der Waals surface area contributed by atoms with Crippen LogP contribution >= 0.6 is 0 Å². The Hall–Kier alpha value is -2.90. The highest BCUT2D eigenvalue weighted by Gasteiger charge is 2.22. The van der Waals surface area contributed by atoms with Crippen LogP contribution < -0.4 is 15.4 Å². The van der Waals surface area contributed by atoms with Crippen LogP contribution in [0.5, 0.6) is 5.75 Å². The molecule has 2 aromatic rings. The van der Waals surface area contributed by atoms with Crippen molar-refractivity contribution in [1.29, 1.82) is 0 Å². The van der Waals surface area contributed by atoms with Crippen molar-refractivity contribution in [3.63, 3.8) is 0 Å². The Balaban J connectivity index is 1.88. The minimum atomic E-state index is 0.0148. The maximum absolute atomic E-state index is 13.1. The molecule has 0 radical (unpaired) electrons. The van der Waals surface area contributed by atoms with Crippen LogP contribution in [0.1, 0.15) is 44.2 Å². The Labute approximate surface area is 203 Å². The molecule has 0 fully saturated rings. The SMILES string of the molecule is CCOc1ccccc1CN1CCCN(C(C)=O)c2ccccc2CN(C(=O)CCCN)CC1. The van der Waals surface area contributed by atoms with Crippen molar-refractivity contribution in [3.8, 4) is 5.75 Å². The lowest BCUT2D eigenvalue weighted by atomic mass is 10.1. The summed E-state index contributed by atoms with van der Waals surface area (Å²) in [4.78, 5) is 31.8. The molecule has 0 saturated carbocycles. The molecule has 0 unspecified atom stereocenters. The fourth-order valence-corrected chi connectivity index (χ4v) is 4.42. The second kappa shape index (κ2) is 13.1. The summed E-state index contributed by atoms with van der Waals surface area (Å²) in [5.74, 6) is 1.01. The van der Waals surface area contributed by atoms with E-state index < -0.39 is 0 Å². The molecule has 2 aromatic carbocycles. The van der Waals surface area contributed by atoms with Gasteiger partial charge in [-0.1, -0.05) is 36.4 Å². The number of benzene rings is 2. The molecule has 3 rings (SSSR count). The number of carbonyl (C=O) groups excluding carboxylic acids is 2. The van der Waals surface area contributed by atoms with E-state index in [1.165, 1.54) is 0 Å². The number of fused-ring (bicyclic) bond motifs is 1. The summed E-state index contributed by atoms with van der Waals surface area (Å²) in [6.07, 6.45) is 1.94. The molecule has 0 aromatic heterocycles. The van der Waals surface area contributed by atoms with Gasteiger partial charge >= 0.3 is 0 Å². The molecule has 0 atom stereocenters. The largest absolute Gasteiger partial charge is 0.494 e. The van der Waals surface area contributed by atoms with Crippen LogP contribution in [0.4, 0.5) is 5.69 Å². The van der Waals surface area contributed by atoms with Gasteiger partial charge in [0, 0.05) is 63.9 Å². The van der Waals surface area contributed by atoms with Crippen LogP contribution in [0, 0.1) is 0 Å². The zero-order valence-corrected chi connectivity index (χ0v) is 20.5. The standard InChI is InChI=1S/C27H38N4O3/c1-3-34-26-13-7-5-11-24(26)20-29-16-9-17-31(22(2)32)25-12-6-4-10-23(25)21-30(19-18-29)27(33)14-8-15-28/h4-7,10-13H,3,8-9,14-21,28H2,1-2H3. The minimum Gasteiger partial charge on any atom is -0.494 e. The lowest BCUT2D eigenvalue weighted by Gasteiger charge is -2.28. The van der Waals surface area contributed by atoms with Gasteiger partial charge in [-0.05, 0) is 44.0 Å². The number of anilines is 1. The monoisotopic (exact) mass is 466 g/mol. The molecular formula is C27H38N4O3. The van der Waals surface area contributed by atoms with Crippen molar-refractivity contribution in [2.45, 2.75) is 46.2 Å². The first-order chi connectivity index (χ1) is 16.5. The summed E-state index contributed by atoms with van der Waals surface area (Å²) in [6, 6.07) is 16.0. The average Bonchev–Trinajstić information content (AvgIpc) is 2.87. The highest BCUT2D eigenvalue weighted by Crippen LogP contribution is 2.25. The van der Waals surface area contributed by atoms with E-state index in [9.17, 15) is 9.59 Å². The van der Waals surface area contributed by atoms with E-state index in [-0.39, 0.29) is 11.8 Å². The number of carbonyl (C=O) groups is 2. The third kappa shape index (κ3) is 7.05. The number of hydrogen-bond acceptors (Lipinski definition) is 5. The number of nitrogens with two attached hydrogens (primary N) is 1. The van der Waals surface area contributed by atoms with Crippen LogP contribution in [0.15, 0.2) is 48.5 Å². The van der Waals surface area contributed by atoms with Gasteiger partial charge < -0.3 is 20.3 Å². The summed E-state index contributed by atoms with van der Waals surface area (Å²) >= 11 is 0. The van der Waals surface area contributed by atoms with E-state index in [4.69, 9.17) is 10.5 Å². The molecule has 34 heavy (non-hydrogen) atoms. The summed E-state index contributed by atoms with van der Waals surface area (Å²) in [7, 11) is 0. The molecule has 1 heterocycles. The third-order valence-electron chi connectivity index (χ3n) is 6.18. The molecule has 7 heteroatoms. The first-order valence-corrected chi connectivity index (χ1v) is 12.3. The highest BCUT2D eigenvalue weighted by molar-refractivity contribution is 5.92. The lowest BCUT2D eigenvalue weighted by molar-refractivity contribution is -0.132. The third-order valence-corrected chi connectivity index (χ3v) is 6.18. The van der Waals surface area contributed by atoms with Crippen molar-refractivity contribution < 1.29 is 14.3 Å². The minimum absolute atomic E-state index is 0.0148. The molecule has 0 bridgehead atoms. The quantitative estimate of drug-likeness (QED) is 0.677. The predicted octanol–water partition coefficient (Wildman–Crippen LogP) is 3.41. The van der Waals surface area contributed by atoms with E-state index in [1.807, 2.05) is 59.2 Å². The first-order valence-electron chi connectivity index (χ1n) is 12.3. The van der Waals surface area contributed by atoms with Crippen molar-refractivity contribution in [2.24, 2.45) is 5.73 Å². The zero-order valence-electron chi connectivity index (χ0n) is 20.5. The lowest BCUT2D eigenvalue weighted by Crippen LogP contribution is -2.38. The van der Waals surface area contributed by atoms with Crippen LogP contribution in [0.2, 0.25) is 0 Å². The molecule has 7 nitrogen and oxygen atoms in total. The Morgan fingerprint density at radius 1 is 1.00 bits per heavy atom. The molecule has 2 N–H and O–H groups in total. The number of nitrogens with zero attached hydrogens (tertiary/aromatic N) is 3. The normalized spacial score (nSPS) is 15.4. The first kappa shape index (κ1) is 25.7. The summed E-state index contributed by atoms with van der Waals surface area (Å²) in [6.45, 7) is 8.74. The van der Waals surface area contributed by atoms with Crippen LogP contribution in [-0.2, 0) is 22.7 Å². The van der Waals surface area contributed by atoms with Crippen LogP contribution in [0.25, 0.3) is 0 Å². The van der Waals surface area contributed by atoms with E-state index in [0.717, 1.165) is 48.6 Å². The predicted molar refractivity (Wildman–Crippen MR) is 136 cm³/mol. The molecule has 184 valence electrons. The maximum Gasteiger partial charge on any atom is 0.223 e. The van der Waals surface area contributed by atoms with Gasteiger partial charge in [-0.25, -0.2) is 0 Å². The van der Waals surface area contributed by atoms with Crippen molar-refractivity contribution in [1.82, 2.24) is 9.80 Å². The van der Waals surface area contributed by atoms with Gasteiger partial charge in [0.25, 0.3) is 0 Å². The molecular weight excluding hydrogens is 428 g/mol. The summed E-state index contributed by atoms with van der Waals surface area (Å²) in [5.41, 5.74) is 8.68. The fourth-order valence-electron chi connectivity index (χ4n) is 4.42. The number of amides is 2. The smallest absolute Gasteiger partial charge is 0.223 e. The van der Waals surface area contributed by atoms with Gasteiger partial charge in [0.05, 0.1) is 6.61 Å². The summed E-state index contributed by atoms with van der Waals surface area (Å²) in [5, 5.41) is 0. The summed E-state index contributed by atoms with van der Waals surface area (Å²) < 4.78 is 5.84. The Kier molecular flexibility index (Phi) is 9.91. The Bertz CT molecular complexity index is 949. The van der Waals surface area contributed by atoms with Crippen molar-refractivity contribution in [2.75, 3.05) is 44.2 Å². The Morgan fingerprint density at radius 3 is 2.53 bits per heavy atom. The highest BCUT2D eigenvalue weighted by atomic mass is 16.5. The Morgan fingerprint density at radius 2 is 1.76 bits per heavy atom. The molecule has 2 amide bonds. The van der Waals surface area contributed by atoms with Gasteiger partial charge in [0.2, 0.25) is 11.8 Å². The molecule has 0 spiro atoms. The van der Waals surface area contributed by atoms with E-state index in [1.54, 1.807) is 6.92 Å². The van der Waals surface area contributed by atoms with E-state index in [0.29, 0.717) is 45.6 Å². The number of ether oxygens (including phenoxy) is 1. The zero-order chi connectivity index (χ0) is 24.3. The number of hydrogen-bond donors (Lipinski definition) is 1. The number of para-hydroxylation sites is 2. The van der Waals surface area contributed by atoms with Crippen LogP contribution in [-0.4, -0.2) is 60.9 Å². The van der Waals surface area contributed by atoms with Gasteiger partial charge in [0.1, 0.15) is 5.75 Å². The van der Waals surface area contributed by atoms with E-state index in [2.05, 4.69) is 11.0 Å². The molecule has 1 aliphatic heterocycles. The molecule has 1 aliphatic rings. The van der Waals surface area contributed by atoms with Gasteiger partial charge in [0.15, 0.2) is 0 Å².